The minimum atomic E-state index is -0.0592. The number of aromatic nitrogens is 3. The van der Waals surface area contributed by atoms with E-state index in [4.69, 9.17) is 4.42 Å². The van der Waals surface area contributed by atoms with E-state index in [0.717, 1.165) is 40.9 Å². The van der Waals surface area contributed by atoms with Crippen molar-refractivity contribution in [2.45, 2.75) is 32.2 Å². The van der Waals surface area contributed by atoms with Crippen LogP contribution in [0.25, 0.3) is 4.96 Å². The summed E-state index contributed by atoms with van der Waals surface area (Å²) in [6.45, 7) is 4.03. The Balaban J connectivity index is 1.81. The number of fused-ring (bicyclic) bond motifs is 1. The standard InChI is InChI=1S/C15H18N4O2S/c1-2-11-16-15-19(17-11)14(20)13(22-15)12(10-6-5-9-21-10)18-7-3-4-8-18/h5-6,9,12,20H,2-4,7-8H2,1H3/t12-/m1/s1. The van der Waals surface area contributed by atoms with Gasteiger partial charge in [-0.3, -0.25) is 4.90 Å². The fraction of sp³-hybridized carbons (Fsp3) is 0.467. The van der Waals surface area contributed by atoms with Crippen LogP contribution in [0.4, 0.5) is 0 Å². The van der Waals surface area contributed by atoms with Gasteiger partial charge in [0, 0.05) is 6.42 Å². The molecule has 1 N–H and O–H groups in total. The van der Waals surface area contributed by atoms with E-state index >= 15 is 0 Å². The van der Waals surface area contributed by atoms with Gasteiger partial charge in [-0.1, -0.05) is 18.3 Å². The Morgan fingerprint density at radius 3 is 2.86 bits per heavy atom. The summed E-state index contributed by atoms with van der Waals surface area (Å²) >= 11 is 1.49. The summed E-state index contributed by atoms with van der Waals surface area (Å²) in [7, 11) is 0. The highest BCUT2D eigenvalue weighted by molar-refractivity contribution is 7.17. The molecule has 0 aliphatic carbocycles. The molecule has 3 aromatic heterocycles. The van der Waals surface area contributed by atoms with Gasteiger partial charge in [0.1, 0.15) is 11.8 Å². The number of rotatable bonds is 4. The Morgan fingerprint density at radius 1 is 1.41 bits per heavy atom. The Hall–Kier alpha value is -1.86. The third-order valence-electron chi connectivity index (χ3n) is 4.13. The lowest BCUT2D eigenvalue weighted by Crippen LogP contribution is -2.25. The second kappa shape index (κ2) is 5.40. The van der Waals surface area contributed by atoms with E-state index in [1.807, 2.05) is 19.1 Å². The smallest absolute Gasteiger partial charge is 0.230 e. The highest BCUT2D eigenvalue weighted by atomic mass is 32.1. The van der Waals surface area contributed by atoms with Crippen molar-refractivity contribution in [3.05, 3.63) is 34.9 Å². The van der Waals surface area contributed by atoms with Gasteiger partial charge in [0.25, 0.3) is 0 Å². The van der Waals surface area contributed by atoms with E-state index in [1.165, 1.54) is 24.2 Å². The Bertz CT molecular complexity index is 771. The van der Waals surface area contributed by atoms with E-state index in [2.05, 4.69) is 15.0 Å². The van der Waals surface area contributed by atoms with Crippen LogP contribution in [0.3, 0.4) is 0 Å². The number of hydrogen-bond donors (Lipinski definition) is 1. The summed E-state index contributed by atoms with van der Waals surface area (Å²) in [5.74, 6) is 1.79. The van der Waals surface area contributed by atoms with Crippen LogP contribution in [0.5, 0.6) is 5.88 Å². The zero-order chi connectivity index (χ0) is 15.1. The molecule has 0 unspecified atom stereocenters. The van der Waals surface area contributed by atoms with Gasteiger partial charge in [-0.2, -0.15) is 4.52 Å². The number of thiazole rings is 1. The summed E-state index contributed by atoms with van der Waals surface area (Å²) in [5.41, 5.74) is 0. The molecule has 116 valence electrons. The normalized spacial score (nSPS) is 17.5. The van der Waals surface area contributed by atoms with Gasteiger partial charge in [0.05, 0.1) is 11.1 Å². The maximum atomic E-state index is 10.6. The monoisotopic (exact) mass is 318 g/mol. The number of aryl methyl sites for hydroxylation is 1. The average Bonchev–Trinajstić information content (AvgIpc) is 3.28. The van der Waals surface area contributed by atoms with Crippen LogP contribution in [0, 0.1) is 0 Å². The van der Waals surface area contributed by atoms with Crippen molar-refractivity contribution in [1.82, 2.24) is 19.5 Å². The molecule has 7 heteroatoms. The first-order chi connectivity index (χ1) is 10.8. The van der Waals surface area contributed by atoms with Gasteiger partial charge < -0.3 is 9.52 Å². The molecule has 3 aromatic rings. The van der Waals surface area contributed by atoms with Crippen LogP contribution < -0.4 is 0 Å². The van der Waals surface area contributed by atoms with Gasteiger partial charge >= 0.3 is 0 Å². The molecule has 0 amide bonds. The predicted octanol–water partition coefficient (Wildman–Crippen LogP) is 2.84. The first-order valence-electron chi connectivity index (χ1n) is 7.62. The zero-order valence-electron chi connectivity index (χ0n) is 12.4. The van der Waals surface area contributed by atoms with Crippen LogP contribution in [0.2, 0.25) is 0 Å². The fourth-order valence-corrected chi connectivity index (χ4v) is 4.16. The average molecular weight is 318 g/mol. The highest BCUT2D eigenvalue weighted by Gasteiger charge is 2.32. The molecule has 1 aliphatic heterocycles. The SMILES string of the molecule is CCc1nc2sc([C@@H](c3ccco3)N3CCCC3)c(O)n2n1. The largest absolute Gasteiger partial charge is 0.492 e. The number of hydrogen-bond acceptors (Lipinski definition) is 6. The van der Waals surface area contributed by atoms with Crippen molar-refractivity contribution < 1.29 is 9.52 Å². The van der Waals surface area contributed by atoms with Crippen molar-refractivity contribution in [3.63, 3.8) is 0 Å². The van der Waals surface area contributed by atoms with Gasteiger partial charge in [-0.05, 0) is 38.1 Å². The van der Waals surface area contributed by atoms with E-state index in [9.17, 15) is 5.11 Å². The van der Waals surface area contributed by atoms with E-state index in [1.54, 1.807) is 10.8 Å². The zero-order valence-corrected chi connectivity index (χ0v) is 13.2. The molecule has 0 saturated carbocycles. The first-order valence-corrected chi connectivity index (χ1v) is 8.44. The molecule has 0 aromatic carbocycles. The summed E-state index contributed by atoms with van der Waals surface area (Å²) in [5, 5.41) is 15.0. The molecular formula is C15H18N4O2S. The summed E-state index contributed by atoms with van der Waals surface area (Å²) < 4.78 is 7.19. The van der Waals surface area contributed by atoms with E-state index < -0.39 is 0 Å². The van der Waals surface area contributed by atoms with Gasteiger partial charge in [0.2, 0.25) is 10.8 Å². The van der Waals surface area contributed by atoms with Crippen LogP contribution in [-0.2, 0) is 6.42 Å². The molecule has 1 fully saturated rings. The van der Waals surface area contributed by atoms with Crippen molar-refractivity contribution in [2.24, 2.45) is 0 Å². The van der Waals surface area contributed by atoms with Gasteiger partial charge in [-0.25, -0.2) is 4.98 Å². The lowest BCUT2D eigenvalue weighted by Gasteiger charge is -2.24. The third-order valence-corrected chi connectivity index (χ3v) is 5.20. The highest BCUT2D eigenvalue weighted by Crippen LogP contribution is 2.41. The predicted molar refractivity (Wildman–Crippen MR) is 83.3 cm³/mol. The van der Waals surface area contributed by atoms with E-state index in [0.29, 0.717) is 0 Å². The van der Waals surface area contributed by atoms with Gasteiger partial charge in [0.15, 0.2) is 5.82 Å². The lowest BCUT2D eigenvalue weighted by molar-refractivity contribution is 0.246. The molecule has 0 bridgehead atoms. The summed E-state index contributed by atoms with van der Waals surface area (Å²) in [6.07, 6.45) is 4.80. The summed E-state index contributed by atoms with van der Waals surface area (Å²) in [4.78, 5) is 8.41. The Kier molecular flexibility index (Phi) is 3.38. The van der Waals surface area contributed by atoms with Crippen molar-refractivity contribution in [3.8, 4) is 5.88 Å². The molecule has 1 aliphatic rings. The molecule has 22 heavy (non-hydrogen) atoms. The fourth-order valence-electron chi connectivity index (χ4n) is 3.04. The van der Waals surface area contributed by atoms with Crippen molar-refractivity contribution in [1.29, 1.82) is 0 Å². The third kappa shape index (κ3) is 2.12. The molecule has 0 radical (unpaired) electrons. The molecule has 0 spiro atoms. The van der Waals surface area contributed by atoms with Crippen LogP contribution in [0.1, 0.15) is 42.3 Å². The molecule has 1 atom stereocenters. The lowest BCUT2D eigenvalue weighted by atomic mass is 10.1. The second-order valence-electron chi connectivity index (χ2n) is 5.53. The number of nitrogens with zero attached hydrogens (tertiary/aromatic N) is 4. The maximum absolute atomic E-state index is 10.6. The minimum absolute atomic E-state index is 0.0592. The second-order valence-corrected chi connectivity index (χ2v) is 6.54. The van der Waals surface area contributed by atoms with E-state index in [-0.39, 0.29) is 11.9 Å². The Labute approximate surface area is 132 Å². The van der Waals surface area contributed by atoms with Crippen LogP contribution >= 0.6 is 11.3 Å². The first kappa shape index (κ1) is 13.8. The topological polar surface area (TPSA) is 66.8 Å². The molecule has 6 nitrogen and oxygen atoms in total. The molecule has 1 saturated heterocycles. The number of likely N-dealkylation sites (tertiary alicyclic amines) is 1. The molecule has 4 rings (SSSR count). The van der Waals surface area contributed by atoms with Crippen LogP contribution in [-0.4, -0.2) is 37.7 Å². The number of aromatic hydroxyl groups is 1. The van der Waals surface area contributed by atoms with Crippen LogP contribution in [0.15, 0.2) is 22.8 Å². The maximum Gasteiger partial charge on any atom is 0.230 e. The van der Waals surface area contributed by atoms with Gasteiger partial charge in [-0.15, -0.1) is 5.10 Å². The Morgan fingerprint density at radius 2 is 2.23 bits per heavy atom. The molecule has 4 heterocycles. The van der Waals surface area contributed by atoms with Crippen molar-refractivity contribution >= 4 is 16.3 Å². The summed E-state index contributed by atoms with van der Waals surface area (Å²) in [6, 6.07) is 3.80. The quantitative estimate of drug-likeness (QED) is 0.801. The minimum Gasteiger partial charge on any atom is -0.492 e. The molecular weight excluding hydrogens is 300 g/mol. The number of furan rings is 1. The van der Waals surface area contributed by atoms with Crippen molar-refractivity contribution in [2.75, 3.05) is 13.1 Å².